The molecule has 3 aromatic rings. The van der Waals surface area contributed by atoms with Crippen molar-refractivity contribution in [3.63, 3.8) is 0 Å². The molecule has 13 heteroatoms. The van der Waals surface area contributed by atoms with Crippen LogP contribution in [0.1, 0.15) is 12.7 Å². The van der Waals surface area contributed by atoms with Gasteiger partial charge < -0.3 is 39.2 Å². The molecule has 0 spiro atoms. The zero-order valence-electron chi connectivity index (χ0n) is 22.2. The molecular formula is C28H31N3O9S. The summed E-state index contributed by atoms with van der Waals surface area (Å²) in [6.07, 6.45) is -8.36. The fourth-order valence-electron chi connectivity index (χ4n) is 4.92. The molecule has 0 amide bonds. The number of nitrogens with one attached hydrogen (secondary N) is 1. The minimum Gasteiger partial charge on any atom is -0.456 e. The second-order valence-electron chi connectivity index (χ2n) is 9.96. The third-order valence-corrected chi connectivity index (χ3v) is 8.81. The zero-order chi connectivity index (χ0) is 29.3. The molecular weight excluding hydrogens is 554 g/mol. The maximum Gasteiger partial charge on any atom is 0.251 e. The van der Waals surface area contributed by atoms with Gasteiger partial charge in [0.05, 0.1) is 13.2 Å². The van der Waals surface area contributed by atoms with E-state index in [0.717, 1.165) is 35.1 Å². The third kappa shape index (κ3) is 6.01. The molecule has 2 saturated heterocycles. The van der Waals surface area contributed by atoms with E-state index in [1.54, 1.807) is 18.2 Å². The van der Waals surface area contributed by atoms with Crippen LogP contribution in [0.2, 0.25) is 0 Å². The van der Waals surface area contributed by atoms with Gasteiger partial charge in [0, 0.05) is 36.5 Å². The van der Waals surface area contributed by atoms with Crippen molar-refractivity contribution in [1.29, 1.82) is 5.26 Å². The van der Waals surface area contributed by atoms with Crippen molar-refractivity contribution in [2.24, 2.45) is 0 Å². The van der Waals surface area contributed by atoms with Crippen LogP contribution in [0, 0.1) is 11.3 Å². The number of benzene rings is 2. The summed E-state index contributed by atoms with van der Waals surface area (Å²) in [6.45, 7) is 3.95. The number of allylic oxidation sites excluding steroid dienone is 2. The van der Waals surface area contributed by atoms with Gasteiger partial charge in [-0.1, -0.05) is 18.2 Å². The Morgan fingerprint density at radius 1 is 1.00 bits per heavy atom. The number of aliphatic hydroxyl groups excluding tert-OH is 4. The highest BCUT2D eigenvalue weighted by atomic mass is 32.2. The molecule has 41 heavy (non-hydrogen) atoms. The third-order valence-electron chi connectivity index (χ3n) is 7.33. The number of ether oxygens (including phenoxy) is 2. The van der Waals surface area contributed by atoms with E-state index in [2.05, 4.69) is 21.8 Å². The largest absolute Gasteiger partial charge is 0.456 e. The van der Waals surface area contributed by atoms with Crippen LogP contribution in [0.15, 0.2) is 57.9 Å². The van der Waals surface area contributed by atoms with Gasteiger partial charge in [0.2, 0.25) is 0 Å². The lowest BCUT2D eigenvalue weighted by Crippen LogP contribution is -2.59. The molecule has 2 fully saturated rings. The number of hydrogen-bond donors (Lipinski definition) is 5. The van der Waals surface area contributed by atoms with Crippen molar-refractivity contribution < 1.29 is 42.7 Å². The lowest BCUT2D eigenvalue weighted by Gasteiger charge is -2.38. The number of rotatable bonds is 7. The van der Waals surface area contributed by atoms with Gasteiger partial charge in [0.25, 0.3) is 10.0 Å². The first-order chi connectivity index (χ1) is 19.6. The van der Waals surface area contributed by atoms with Crippen LogP contribution in [0.4, 0.5) is 5.69 Å². The molecule has 0 bridgehead atoms. The van der Waals surface area contributed by atoms with Crippen molar-refractivity contribution in [2.75, 3.05) is 37.7 Å². The predicted octanol–water partition coefficient (Wildman–Crippen LogP) is 0.910. The molecule has 0 radical (unpaired) electrons. The van der Waals surface area contributed by atoms with Gasteiger partial charge in [-0.2, -0.15) is 5.26 Å². The van der Waals surface area contributed by atoms with Gasteiger partial charge in [-0.15, -0.1) is 0 Å². The summed E-state index contributed by atoms with van der Waals surface area (Å²) in [7, 11) is -4.41. The molecule has 1 unspecified atom stereocenters. The second kappa shape index (κ2) is 11.9. The highest BCUT2D eigenvalue weighted by molar-refractivity contribution is 7.93. The normalized spacial score (nSPS) is 26.0. The SMILES string of the molecule is C/C(=C(/C#N)S(=O)(=O)NC[C@H]1OC(O)[C@H](O)[C@@H](O)[C@@H]1O)c1ccc(-c2ccc3cc(N4CCOCC4)ccc3c2)o1. The van der Waals surface area contributed by atoms with E-state index < -0.39 is 52.2 Å². The van der Waals surface area contributed by atoms with Crippen molar-refractivity contribution in [1.82, 2.24) is 4.72 Å². The Labute approximate surface area is 236 Å². The quantitative estimate of drug-likeness (QED) is 0.248. The molecule has 0 aliphatic carbocycles. The summed E-state index contributed by atoms with van der Waals surface area (Å²) in [5.74, 6) is 0.661. The number of hydrogen-bond acceptors (Lipinski definition) is 11. The number of nitrogens with zero attached hydrogens (tertiary/aromatic N) is 2. The Morgan fingerprint density at radius 3 is 2.44 bits per heavy atom. The van der Waals surface area contributed by atoms with Crippen LogP contribution in [0.5, 0.6) is 0 Å². The van der Waals surface area contributed by atoms with Gasteiger partial charge in [0.15, 0.2) is 11.2 Å². The lowest BCUT2D eigenvalue weighted by atomic mass is 9.99. The molecule has 218 valence electrons. The number of aliphatic hydroxyl groups is 4. The van der Waals surface area contributed by atoms with E-state index in [-0.39, 0.29) is 11.3 Å². The fraction of sp³-hybridized carbons (Fsp3) is 0.393. The van der Waals surface area contributed by atoms with E-state index >= 15 is 0 Å². The fourth-order valence-corrected chi connectivity index (χ4v) is 6.07. The van der Waals surface area contributed by atoms with Crippen molar-refractivity contribution in [3.05, 3.63) is 59.2 Å². The number of morpholine rings is 1. The minimum atomic E-state index is -4.41. The van der Waals surface area contributed by atoms with Crippen molar-refractivity contribution >= 4 is 32.1 Å². The summed E-state index contributed by atoms with van der Waals surface area (Å²) in [4.78, 5) is 1.67. The summed E-state index contributed by atoms with van der Waals surface area (Å²) in [6, 6.07) is 17.1. The van der Waals surface area contributed by atoms with E-state index in [1.165, 1.54) is 6.92 Å². The maximum atomic E-state index is 13.0. The van der Waals surface area contributed by atoms with Gasteiger partial charge in [0.1, 0.15) is 42.0 Å². The molecule has 5 N–H and O–H groups in total. The van der Waals surface area contributed by atoms with Crippen LogP contribution in [0.3, 0.4) is 0 Å². The van der Waals surface area contributed by atoms with E-state index in [4.69, 9.17) is 13.9 Å². The van der Waals surface area contributed by atoms with Gasteiger partial charge in [-0.3, -0.25) is 0 Å². The van der Waals surface area contributed by atoms with Crippen LogP contribution in [0.25, 0.3) is 27.7 Å². The first kappa shape index (κ1) is 29.2. The average Bonchev–Trinajstić information content (AvgIpc) is 3.48. The molecule has 2 aromatic carbocycles. The van der Waals surface area contributed by atoms with E-state index in [1.807, 2.05) is 24.3 Å². The monoisotopic (exact) mass is 585 g/mol. The number of fused-ring (bicyclic) bond motifs is 1. The number of sulfonamides is 1. The summed E-state index contributed by atoms with van der Waals surface area (Å²) in [5.41, 5.74) is 1.96. The van der Waals surface area contributed by atoms with Gasteiger partial charge in [-0.25, -0.2) is 13.1 Å². The standard InChI is InChI=1S/C28H31N3O9S/c1-16(24(14-29)41(36,37)30-15-23-25(32)26(33)27(34)28(35)40-23)21-6-7-22(39-21)19-3-2-18-13-20(5-4-17(18)12-19)31-8-10-38-11-9-31/h2-7,12-13,23,25-28,30,32-35H,8-11,15H2,1H3/b24-16+/t23-,25-,26+,27-,28?/m1/s1. The molecule has 12 nitrogen and oxygen atoms in total. The first-order valence-corrected chi connectivity index (χ1v) is 14.5. The highest BCUT2D eigenvalue weighted by Crippen LogP contribution is 2.32. The first-order valence-electron chi connectivity index (χ1n) is 13.0. The molecule has 2 aliphatic heterocycles. The molecule has 3 heterocycles. The average molecular weight is 586 g/mol. The molecule has 2 aliphatic rings. The molecule has 5 rings (SSSR count). The number of anilines is 1. The topological polar surface area (TPSA) is 186 Å². The smallest absolute Gasteiger partial charge is 0.251 e. The summed E-state index contributed by atoms with van der Waals surface area (Å²) in [5, 5.41) is 50.9. The highest BCUT2D eigenvalue weighted by Gasteiger charge is 2.43. The second-order valence-corrected chi connectivity index (χ2v) is 11.7. The summed E-state index contributed by atoms with van der Waals surface area (Å²) < 4.78 is 44.5. The zero-order valence-corrected chi connectivity index (χ0v) is 23.0. The predicted molar refractivity (Wildman–Crippen MR) is 149 cm³/mol. The van der Waals surface area contributed by atoms with Gasteiger partial charge >= 0.3 is 0 Å². The van der Waals surface area contributed by atoms with Crippen LogP contribution in [-0.4, -0.2) is 92.4 Å². The lowest BCUT2D eigenvalue weighted by molar-refractivity contribution is -0.279. The molecule has 0 saturated carbocycles. The summed E-state index contributed by atoms with van der Waals surface area (Å²) >= 11 is 0. The van der Waals surface area contributed by atoms with E-state index in [0.29, 0.717) is 19.0 Å². The Bertz CT molecular complexity index is 1590. The maximum absolute atomic E-state index is 13.0. The van der Waals surface area contributed by atoms with Crippen LogP contribution >= 0.6 is 0 Å². The molecule has 5 atom stereocenters. The van der Waals surface area contributed by atoms with Crippen molar-refractivity contribution in [3.8, 4) is 17.4 Å². The van der Waals surface area contributed by atoms with Crippen LogP contribution < -0.4 is 9.62 Å². The minimum absolute atomic E-state index is 0.0581. The van der Waals surface area contributed by atoms with Crippen LogP contribution in [-0.2, 0) is 19.5 Å². The number of nitriles is 1. The Kier molecular flexibility index (Phi) is 8.46. The van der Waals surface area contributed by atoms with Crippen molar-refractivity contribution in [2.45, 2.75) is 37.6 Å². The Hall–Kier alpha value is -3.32. The Balaban J connectivity index is 1.33. The number of furan rings is 1. The molecule has 1 aromatic heterocycles. The van der Waals surface area contributed by atoms with E-state index in [9.17, 15) is 34.1 Å². The Morgan fingerprint density at radius 2 is 1.71 bits per heavy atom. The van der Waals surface area contributed by atoms with Gasteiger partial charge in [-0.05, 0) is 48.0 Å².